The Labute approximate surface area is 196 Å². The molecule has 8 nitrogen and oxygen atoms in total. The number of rotatable bonds is 5. The highest BCUT2D eigenvalue weighted by Gasteiger charge is 2.34. The molecule has 180 valence electrons. The standard InChI is InChI=1S/C23H18F4N6O2/c1-12-9-13(2)33-22(28-12)31-19(32-33)11-20(34)30-18-8-7-14(10-16(18)23(25,26)27)29-21(35)15-5-3-4-6-17(15)24/h3-10H,11H2,1-2H3,(H,29,35)(H,30,34). The molecule has 2 amide bonds. The molecule has 0 aliphatic rings. The highest BCUT2D eigenvalue weighted by molar-refractivity contribution is 6.04. The molecule has 0 radical (unpaired) electrons. The van der Waals surface area contributed by atoms with Gasteiger partial charge in [-0.05, 0) is 50.2 Å². The molecule has 0 saturated carbocycles. The number of aryl methyl sites for hydroxylation is 2. The lowest BCUT2D eigenvalue weighted by atomic mass is 10.1. The first-order valence-electron chi connectivity index (χ1n) is 10.3. The number of nitrogens with one attached hydrogen (secondary N) is 2. The number of hydrogen-bond donors (Lipinski definition) is 2. The number of anilines is 2. The van der Waals surface area contributed by atoms with Gasteiger partial charge in [-0.1, -0.05) is 12.1 Å². The maximum Gasteiger partial charge on any atom is 0.418 e. The van der Waals surface area contributed by atoms with E-state index in [1.165, 1.54) is 28.8 Å². The summed E-state index contributed by atoms with van der Waals surface area (Å²) in [5, 5.41) is 8.62. The van der Waals surface area contributed by atoms with Crippen molar-refractivity contribution < 1.29 is 27.2 Å². The van der Waals surface area contributed by atoms with E-state index in [1.54, 1.807) is 19.9 Å². The van der Waals surface area contributed by atoms with Gasteiger partial charge in [-0.3, -0.25) is 9.59 Å². The number of aromatic nitrogens is 4. The molecule has 0 aliphatic heterocycles. The van der Waals surface area contributed by atoms with E-state index in [0.717, 1.165) is 17.8 Å². The van der Waals surface area contributed by atoms with Crippen LogP contribution in [0.25, 0.3) is 5.78 Å². The van der Waals surface area contributed by atoms with Crippen LogP contribution in [0.3, 0.4) is 0 Å². The third-order valence-corrected chi connectivity index (χ3v) is 4.96. The summed E-state index contributed by atoms with van der Waals surface area (Å²) in [4.78, 5) is 33.1. The molecule has 2 N–H and O–H groups in total. The summed E-state index contributed by atoms with van der Waals surface area (Å²) >= 11 is 0. The molecule has 12 heteroatoms. The first kappa shape index (κ1) is 23.8. The summed E-state index contributed by atoms with van der Waals surface area (Å²) < 4.78 is 56.3. The van der Waals surface area contributed by atoms with E-state index in [2.05, 4.69) is 25.7 Å². The van der Waals surface area contributed by atoms with Gasteiger partial charge >= 0.3 is 6.18 Å². The summed E-state index contributed by atoms with van der Waals surface area (Å²) in [5.74, 6) is -2.14. The quantitative estimate of drug-likeness (QED) is 0.409. The van der Waals surface area contributed by atoms with Gasteiger partial charge in [0.1, 0.15) is 5.82 Å². The molecular weight excluding hydrogens is 468 g/mol. The van der Waals surface area contributed by atoms with Crippen LogP contribution in [0, 0.1) is 19.7 Å². The minimum atomic E-state index is -4.85. The lowest BCUT2D eigenvalue weighted by Gasteiger charge is -2.16. The van der Waals surface area contributed by atoms with Crippen molar-refractivity contribution in [1.29, 1.82) is 0 Å². The third-order valence-electron chi connectivity index (χ3n) is 4.96. The van der Waals surface area contributed by atoms with Gasteiger partial charge < -0.3 is 10.6 Å². The second-order valence-corrected chi connectivity index (χ2v) is 7.70. The Balaban J connectivity index is 1.54. The molecule has 0 fully saturated rings. The van der Waals surface area contributed by atoms with Crippen molar-refractivity contribution in [2.75, 3.05) is 10.6 Å². The Bertz CT molecular complexity index is 1450. The predicted octanol–water partition coefficient (Wildman–Crippen LogP) is 4.33. The SMILES string of the molecule is Cc1cc(C)n2nc(CC(=O)Nc3ccc(NC(=O)c4ccccc4F)cc3C(F)(F)F)nc2n1. The summed E-state index contributed by atoms with van der Waals surface area (Å²) in [6.07, 6.45) is -5.23. The normalized spacial score (nSPS) is 11.5. The minimum absolute atomic E-state index is 0.0889. The van der Waals surface area contributed by atoms with Gasteiger partial charge in [-0.25, -0.2) is 13.9 Å². The van der Waals surface area contributed by atoms with E-state index in [4.69, 9.17) is 0 Å². The second kappa shape index (κ2) is 9.12. The molecule has 2 aromatic heterocycles. The van der Waals surface area contributed by atoms with Crippen LogP contribution in [0.15, 0.2) is 48.5 Å². The highest BCUT2D eigenvalue weighted by Crippen LogP contribution is 2.36. The Hall–Kier alpha value is -4.35. The average molecular weight is 486 g/mol. The number of hydrogen-bond acceptors (Lipinski definition) is 5. The van der Waals surface area contributed by atoms with E-state index >= 15 is 0 Å². The topological polar surface area (TPSA) is 101 Å². The van der Waals surface area contributed by atoms with Crippen molar-refractivity contribution in [3.05, 3.63) is 82.7 Å². The fraction of sp³-hybridized carbons (Fsp3) is 0.174. The zero-order valence-electron chi connectivity index (χ0n) is 18.4. The van der Waals surface area contributed by atoms with Crippen LogP contribution in [0.1, 0.15) is 33.1 Å². The lowest BCUT2D eigenvalue weighted by Crippen LogP contribution is -2.20. The number of fused-ring (bicyclic) bond motifs is 1. The zero-order chi connectivity index (χ0) is 25.3. The van der Waals surface area contributed by atoms with E-state index in [1.807, 2.05) is 0 Å². The van der Waals surface area contributed by atoms with Gasteiger partial charge in [0.05, 0.1) is 23.2 Å². The molecule has 35 heavy (non-hydrogen) atoms. The van der Waals surface area contributed by atoms with E-state index in [9.17, 15) is 27.2 Å². The number of halogens is 4. The van der Waals surface area contributed by atoms with Gasteiger partial charge in [-0.15, -0.1) is 5.10 Å². The Morgan fingerprint density at radius 3 is 2.46 bits per heavy atom. The van der Waals surface area contributed by atoms with Crippen molar-refractivity contribution >= 4 is 29.0 Å². The molecule has 2 aromatic carbocycles. The summed E-state index contributed by atoms with van der Waals surface area (Å²) in [5.41, 5.74) is -0.802. The van der Waals surface area contributed by atoms with Crippen molar-refractivity contribution in [1.82, 2.24) is 19.6 Å². The zero-order valence-corrected chi connectivity index (χ0v) is 18.4. The largest absolute Gasteiger partial charge is 0.418 e. The van der Waals surface area contributed by atoms with Crippen molar-refractivity contribution in [3.8, 4) is 0 Å². The molecule has 0 spiro atoms. The van der Waals surface area contributed by atoms with E-state index in [0.29, 0.717) is 11.8 Å². The molecule has 0 aliphatic carbocycles. The highest BCUT2D eigenvalue weighted by atomic mass is 19.4. The predicted molar refractivity (Wildman–Crippen MR) is 118 cm³/mol. The molecule has 0 atom stereocenters. The average Bonchev–Trinajstić information content (AvgIpc) is 3.16. The number of benzene rings is 2. The molecule has 0 bridgehead atoms. The fourth-order valence-corrected chi connectivity index (χ4v) is 3.43. The van der Waals surface area contributed by atoms with Gasteiger partial charge in [0.15, 0.2) is 5.82 Å². The van der Waals surface area contributed by atoms with Crippen LogP contribution in [0.4, 0.5) is 28.9 Å². The third kappa shape index (κ3) is 5.26. The van der Waals surface area contributed by atoms with Crippen LogP contribution < -0.4 is 10.6 Å². The first-order valence-corrected chi connectivity index (χ1v) is 10.3. The maximum absolute atomic E-state index is 13.8. The number of carbonyl (C=O) groups excluding carboxylic acids is 2. The van der Waals surface area contributed by atoms with Gasteiger partial charge in [0, 0.05) is 17.1 Å². The number of alkyl halides is 3. The monoisotopic (exact) mass is 486 g/mol. The molecule has 4 aromatic rings. The molecule has 0 saturated heterocycles. The summed E-state index contributed by atoms with van der Waals surface area (Å²) in [6.45, 7) is 3.55. The molecule has 2 heterocycles. The minimum Gasteiger partial charge on any atom is -0.325 e. The van der Waals surface area contributed by atoms with E-state index in [-0.39, 0.29) is 29.3 Å². The smallest absolute Gasteiger partial charge is 0.325 e. The van der Waals surface area contributed by atoms with Gasteiger partial charge in [-0.2, -0.15) is 18.2 Å². The van der Waals surface area contributed by atoms with Crippen LogP contribution in [0.5, 0.6) is 0 Å². The number of carbonyl (C=O) groups is 2. The molecule has 0 unspecified atom stereocenters. The maximum atomic E-state index is 13.8. The van der Waals surface area contributed by atoms with Crippen LogP contribution in [-0.4, -0.2) is 31.4 Å². The molecular formula is C23H18F4N6O2. The fourth-order valence-electron chi connectivity index (χ4n) is 3.43. The summed E-state index contributed by atoms with van der Waals surface area (Å²) in [6, 6.07) is 9.68. The van der Waals surface area contributed by atoms with Crippen molar-refractivity contribution in [3.63, 3.8) is 0 Å². The Kier molecular flexibility index (Phi) is 6.20. The van der Waals surface area contributed by atoms with Gasteiger partial charge in [0.2, 0.25) is 5.91 Å². The van der Waals surface area contributed by atoms with E-state index < -0.39 is 35.1 Å². The van der Waals surface area contributed by atoms with Crippen LogP contribution in [-0.2, 0) is 17.4 Å². The van der Waals surface area contributed by atoms with Gasteiger partial charge in [0.25, 0.3) is 11.7 Å². The number of nitrogens with zero attached hydrogens (tertiary/aromatic N) is 4. The van der Waals surface area contributed by atoms with Crippen molar-refractivity contribution in [2.24, 2.45) is 0 Å². The van der Waals surface area contributed by atoms with Crippen LogP contribution >= 0.6 is 0 Å². The van der Waals surface area contributed by atoms with Crippen LogP contribution in [0.2, 0.25) is 0 Å². The Morgan fingerprint density at radius 2 is 1.74 bits per heavy atom. The van der Waals surface area contributed by atoms with Crippen molar-refractivity contribution in [2.45, 2.75) is 26.4 Å². The Morgan fingerprint density at radius 1 is 1.00 bits per heavy atom. The second-order valence-electron chi connectivity index (χ2n) is 7.70. The number of amides is 2. The lowest BCUT2D eigenvalue weighted by molar-refractivity contribution is -0.136. The molecule has 4 rings (SSSR count). The summed E-state index contributed by atoms with van der Waals surface area (Å²) in [7, 11) is 0. The first-order chi connectivity index (χ1) is 16.5.